The van der Waals surface area contributed by atoms with Crippen molar-refractivity contribution >= 4 is 22.9 Å². The lowest BCUT2D eigenvalue weighted by Gasteiger charge is -2.48. The predicted molar refractivity (Wildman–Crippen MR) is 128 cm³/mol. The molecule has 33 heavy (non-hydrogen) atoms. The Hall–Kier alpha value is -2.54. The van der Waals surface area contributed by atoms with Gasteiger partial charge in [-0.2, -0.15) is 0 Å². The second-order valence-corrected chi connectivity index (χ2v) is 10.8. The number of aryl methyl sites for hydroxylation is 1. The first-order valence-corrected chi connectivity index (χ1v) is 12.1. The number of benzene rings is 1. The van der Waals surface area contributed by atoms with E-state index >= 15 is 0 Å². The second kappa shape index (κ2) is 9.01. The molecule has 2 amide bonds. The molecule has 7 nitrogen and oxygen atoms in total. The van der Waals surface area contributed by atoms with Gasteiger partial charge < -0.3 is 24.6 Å². The highest BCUT2D eigenvalue weighted by Crippen LogP contribution is 2.40. The number of alkyl carbamates (subject to hydrolysis) is 1. The Bertz CT molecular complexity index is 1020. The van der Waals surface area contributed by atoms with E-state index in [1.54, 1.807) is 0 Å². The molecule has 1 aliphatic carbocycles. The van der Waals surface area contributed by atoms with Crippen LogP contribution in [-0.2, 0) is 23.0 Å². The molecule has 1 aromatic heterocycles. The van der Waals surface area contributed by atoms with Crippen LogP contribution in [0.25, 0.3) is 10.9 Å². The molecule has 1 aliphatic heterocycles. The third-order valence-corrected chi connectivity index (χ3v) is 7.13. The van der Waals surface area contributed by atoms with Gasteiger partial charge in [0.25, 0.3) is 0 Å². The van der Waals surface area contributed by atoms with Gasteiger partial charge in [-0.15, -0.1) is 0 Å². The number of carbonyl (C=O) groups is 2. The average Bonchev–Trinajstić information content (AvgIpc) is 3.06. The van der Waals surface area contributed by atoms with Crippen molar-refractivity contribution in [3.63, 3.8) is 0 Å². The number of hydrogen-bond acceptors (Lipinski definition) is 4. The number of nitrogens with zero attached hydrogens (tertiary/aromatic N) is 2. The summed E-state index contributed by atoms with van der Waals surface area (Å²) in [6.45, 7) is 6.47. The van der Waals surface area contributed by atoms with Gasteiger partial charge >= 0.3 is 6.09 Å². The van der Waals surface area contributed by atoms with Crippen LogP contribution in [0.2, 0.25) is 0 Å². The number of para-hydroxylation sites is 1. The number of ether oxygens (including phenoxy) is 1. The zero-order valence-electron chi connectivity index (χ0n) is 20.3. The van der Waals surface area contributed by atoms with E-state index in [1.807, 2.05) is 67.7 Å². The largest absolute Gasteiger partial charge is 0.444 e. The highest BCUT2D eigenvalue weighted by Gasteiger charge is 2.44. The first kappa shape index (κ1) is 23.6. The van der Waals surface area contributed by atoms with E-state index in [4.69, 9.17) is 4.74 Å². The number of aromatic nitrogens is 1. The number of aliphatic hydroxyl groups is 1. The number of carbonyl (C=O) groups excluding carboxylic acids is 2. The van der Waals surface area contributed by atoms with Crippen molar-refractivity contribution in [1.82, 2.24) is 14.8 Å². The molecule has 2 N–H and O–H groups in total. The Balaban J connectivity index is 1.57. The molecule has 0 bridgehead atoms. The molecule has 2 heterocycles. The number of fused-ring (bicyclic) bond motifs is 2. The topological polar surface area (TPSA) is 83.8 Å². The average molecular weight is 456 g/mol. The number of hydrogen-bond donors (Lipinski definition) is 2. The van der Waals surface area contributed by atoms with E-state index in [-0.39, 0.29) is 11.8 Å². The molecule has 0 unspecified atom stereocenters. The molecular formula is C26H37N3O4. The van der Waals surface area contributed by atoms with E-state index in [9.17, 15) is 14.7 Å². The van der Waals surface area contributed by atoms with Crippen molar-refractivity contribution in [3.05, 3.63) is 36.0 Å². The van der Waals surface area contributed by atoms with E-state index < -0.39 is 23.3 Å². The first-order valence-electron chi connectivity index (χ1n) is 12.1. The van der Waals surface area contributed by atoms with Crippen molar-refractivity contribution in [2.75, 3.05) is 13.1 Å². The van der Waals surface area contributed by atoms with E-state index in [1.165, 1.54) is 0 Å². The van der Waals surface area contributed by atoms with Gasteiger partial charge in [-0.05, 0) is 51.7 Å². The summed E-state index contributed by atoms with van der Waals surface area (Å²) in [6.07, 6.45) is 6.30. The molecule has 1 aromatic carbocycles. The fourth-order valence-electron chi connectivity index (χ4n) is 5.45. The summed E-state index contributed by atoms with van der Waals surface area (Å²) in [7, 11) is 1.98. The normalized spacial score (nSPS) is 24.3. The Kier molecular flexibility index (Phi) is 6.45. The SMILES string of the molecule is Cn1cc(C[C@H](NC(=O)OC(C)(C)C)C(=O)N2CC[C@@]3(O)CCCC[C@@H]3C2)c2ccccc21. The van der Waals surface area contributed by atoms with Crippen LogP contribution in [-0.4, -0.2) is 56.9 Å². The molecule has 1 saturated heterocycles. The van der Waals surface area contributed by atoms with Crippen LogP contribution in [0.15, 0.2) is 30.5 Å². The van der Waals surface area contributed by atoms with Crippen LogP contribution in [0.5, 0.6) is 0 Å². The van der Waals surface area contributed by atoms with E-state index in [0.29, 0.717) is 25.9 Å². The minimum Gasteiger partial charge on any atom is -0.444 e. The number of amides is 2. The Morgan fingerprint density at radius 3 is 2.76 bits per heavy atom. The maximum absolute atomic E-state index is 13.7. The zero-order chi connectivity index (χ0) is 23.8. The van der Waals surface area contributed by atoms with Gasteiger partial charge in [0.1, 0.15) is 11.6 Å². The number of nitrogens with one attached hydrogen (secondary N) is 1. The molecule has 1 saturated carbocycles. The van der Waals surface area contributed by atoms with Gasteiger partial charge in [0.15, 0.2) is 0 Å². The maximum atomic E-state index is 13.7. The standard InChI is InChI=1S/C26H37N3O4/c1-25(2,3)33-24(31)27-21(15-18-16-28(4)22-11-6-5-10-20(18)22)23(30)29-14-13-26(32)12-8-7-9-19(26)17-29/h5-6,10-11,16,19,21,32H,7-9,12-15,17H2,1-4H3,(H,27,31)/t19-,21+,26+/m1/s1. The van der Waals surface area contributed by atoms with Gasteiger partial charge in [0.05, 0.1) is 5.60 Å². The Morgan fingerprint density at radius 1 is 1.24 bits per heavy atom. The highest BCUT2D eigenvalue weighted by atomic mass is 16.6. The minimum atomic E-state index is -0.736. The third-order valence-electron chi connectivity index (χ3n) is 7.13. The van der Waals surface area contributed by atoms with Crippen molar-refractivity contribution in [2.45, 2.75) is 76.5 Å². The van der Waals surface area contributed by atoms with Crippen LogP contribution < -0.4 is 5.32 Å². The minimum absolute atomic E-state index is 0.101. The van der Waals surface area contributed by atoms with Crippen LogP contribution in [0.3, 0.4) is 0 Å². The predicted octanol–water partition coefficient (Wildman–Crippen LogP) is 3.77. The molecule has 3 atom stereocenters. The Labute approximate surface area is 196 Å². The van der Waals surface area contributed by atoms with Crippen molar-refractivity contribution in [2.24, 2.45) is 13.0 Å². The first-order chi connectivity index (χ1) is 15.6. The summed E-state index contributed by atoms with van der Waals surface area (Å²) < 4.78 is 7.52. The number of likely N-dealkylation sites (tertiary alicyclic amines) is 1. The van der Waals surface area contributed by atoms with Crippen LogP contribution in [0.4, 0.5) is 4.79 Å². The summed E-state index contributed by atoms with van der Waals surface area (Å²) in [5.41, 5.74) is 0.787. The maximum Gasteiger partial charge on any atom is 0.408 e. The van der Waals surface area contributed by atoms with Gasteiger partial charge in [0, 0.05) is 49.6 Å². The fraction of sp³-hybridized carbons (Fsp3) is 0.615. The lowest BCUT2D eigenvalue weighted by atomic mass is 9.71. The van der Waals surface area contributed by atoms with Gasteiger partial charge in [-0.3, -0.25) is 4.79 Å². The van der Waals surface area contributed by atoms with E-state index in [2.05, 4.69) is 5.32 Å². The quantitative estimate of drug-likeness (QED) is 0.735. The summed E-state index contributed by atoms with van der Waals surface area (Å²) in [5.74, 6) is -0.00917. The monoisotopic (exact) mass is 455 g/mol. The molecule has 2 fully saturated rings. The summed E-state index contributed by atoms with van der Waals surface area (Å²) in [6, 6.07) is 7.33. The summed E-state index contributed by atoms with van der Waals surface area (Å²) in [4.78, 5) is 28.2. The molecule has 7 heteroatoms. The number of piperidine rings is 1. The van der Waals surface area contributed by atoms with E-state index in [0.717, 1.165) is 42.1 Å². The lowest BCUT2D eigenvalue weighted by molar-refractivity contribution is -0.145. The third kappa shape index (κ3) is 5.18. The number of rotatable bonds is 4. The molecule has 0 radical (unpaired) electrons. The summed E-state index contributed by atoms with van der Waals surface area (Å²) in [5, 5.41) is 15.0. The highest BCUT2D eigenvalue weighted by molar-refractivity contribution is 5.88. The van der Waals surface area contributed by atoms with Gasteiger partial charge in [-0.25, -0.2) is 4.79 Å². The smallest absolute Gasteiger partial charge is 0.408 e. The van der Waals surface area contributed by atoms with Crippen molar-refractivity contribution < 1.29 is 19.4 Å². The molecule has 2 aromatic rings. The Morgan fingerprint density at radius 2 is 2.00 bits per heavy atom. The van der Waals surface area contributed by atoms with Crippen molar-refractivity contribution in [3.8, 4) is 0 Å². The second-order valence-electron chi connectivity index (χ2n) is 10.8. The van der Waals surface area contributed by atoms with Crippen LogP contribution >= 0.6 is 0 Å². The molecule has 4 rings (SSSR count). The fourth-order valence-corrected chi connectivity index (χ4v) is 5.45. The zero-order valence-corrected chi connectivity index (χ0v) is 20.3. The molecule has 2 aliphatic rings. The summed E-state index contributed by atoms with van der Waals surface area (Å²) >= 11 is 0. The van der Waals surface area contributed by atoms with Gasteiger partial charge in [-0.1, -0.05) is 31.0 Å². The van der Waals surface area contributed by atoms with Crippen LogP contribution in [0, 0.1) is 5.92 Å². The molecular weight excluding hydrogens is 418 g/mol. The molecule has 180 valence electrons. The van der Waals surface area contributed by atoms with Gasteiger partial charge in [0.2, 0.25) is 5.91 Å². The lowest BCUT2D eigenvalue weighted by Crippen LogP contribution is -2.58. The van der Waals surface area contributed by atoms with Crippen molar-refractivity contribution in [1.29, 1.82) is 0 Å². The van der Waals surface area contributed by atoms with Crippen LogP contribution in [0.1, 0.15) is 58.4 Å². The molecule has 0 spiro atoms.